The first-order valence-corrected chi connectivity index (χ1v) is 8.00. The minimum absolute atomic E-state index is 0.458. The van der Waals surface area contributed by atoms with Gasteiger partial charge >= 0.3 is 0 Å². The normalized spacial score (nSPS) is 29.6. The average Bonchev–Trinajstić information content (AvgIpc) is 2.42. The molecule has 0 spiro atoms. The van der Waals surface area contributed by atoms with Gasteiger partial charge in [-0.15, -0.1) is 0 Å². The van der Waals surface area contributed by atoms with E-state index >= 15 is 0 Å². The number of rotatable bonds is 4. The molecule has 1 aromatic rings. The van der Waals surface area contributed by atoms with E-state index in [4.69, 9.17) is 0 Å². The van der Waals surface area contributed by atoms with E-state index in [2.05, 4.69) is 75.3 Å². The summed E-state index contributed by atoms with van der Waals surface area (Å²) in [4.78, 5) is 2.48. The molecule has 0 amide bonds. The van der Waals surface area contributed by atoms with Crippen molar-refractivity contribution in [3.8, 4) is 0 Å². The fourth-order valence-corrected chi connectivity index (χ4v) is 3.34. The van der Waals surface area contributed by atoms with Gasteiger partial charge in [0.05, 0.1) is 0 Å². The van der Waals surface area contributed by atoms with E-state index < -0.39 is 0 Å². The van der Waals surface area contributed by atoms with Gasteiger partial charge < -0.3 is 10.2 Å². The van der Waals surface area contributed by atoms with Crippen LogP contribution >= 0.6 is 0 Å². The predicted octanol–water partition coefficient (Wildman–Crippen LogP) is 3.70. The number of nitrogens with one attached hydrogen (secondary N) is 1. The third-order valence-corrected chi connectivity index (χ3v) is 4.83. The molecule has 1 N–H and O–H groups in total. The van der Waals surface area contributed by atoms with Gasteiger partial charge in [-0.25, -0.2) is 0 Å². The van der Waals surface area contributed by atoms with Gasteiger partial charge in [-0.3, -0.25) is 0 Å². The Balaban J connectivity index is 2.09. The Morgan fingerprint density at radius 3 is 2.40 bits per heavy atom. The summed E-state index contributed by atoms with van der Waals surface area (Å²) >= 11 is 0. The third-order valence-electron chi connectivity index (χ3n) is 4.83. The molecule has 2 rings (SSSR count). The van der Waals surface area contributed by atoms with Gasteiger partial charge in [-0.1, -0.05) is 51.1 Å². The van der Waals surface area contributed by atoms with Gasteiger partial charge in [-0.2, -0.15) is 0 Å². The van der Waals surface area contributed by atoms with E-state index in [1.165, 1.54) is 18.5 Å². The molecule has 0 bridgehead atoms. The molecule has 1 saturated heterocycles. The molecule has 2 nitrogen and oxygen atoms in total. The van der Waals surface area contributed by atoms with Crippen molar-refractivity contribution < 1.29 is 0 Å². The Kier molecular flexibility index (Phi) is 5.22. The number of hydrogen-bond acceptors (Lipinski definition) is 2. The molecule has 0 aromatic heterocycles. The third kappa shape index (κ3) is 3.62. The molecule has 20 heavy (non-hydrogen) atoms. The lowest BCUT2D eigenvalue weighted by molar-refractivity contribution is 0.111. The molecule has 1 aliphatic heterocycles. The Labute approximate surface area is 124 Å². The standard InChI is InChI=1S/C18H30N2/c1-13(2)18(16-9-7-6-8-10-16)19-17-11-15(4)20(5)12-14(17)3/h6-10,13-15,17-19H,11-12H2,1-5H3. The van der Waals surface area contributed by atoms with Crippen molar-refractivity contribution in [2.45, 2.75) is 52.2 Å². The van der Waals surface area contributed by atoms with Crippen LogP contribution in [-0.2, 0) is 0 Å². The number of likely N-dealkylation sites (tertiary alicyclic amines) is 1. The summed E-state index contributed by atoms with van der Waals surface area (Å²) < 4.78 is 0. The summed E-state index contributed by atoms with van der Waals surface area (Å²) in [6, 6.07) is 12.6. The van der Waals surface area contributed by atoms with Gasteiger partial charge in [0.1, 0.15) is 0 Å². The molecular formula is C18H30N2. The van der Waals surface area contributed by atoms with Crippen LogP contribution in [0.5, 0.6) is 0 Å². The molecule has 4 unspecified atom stereocenters. The van der Waals surface area contributed by atoms with Crippen molar-refractivity contribution >= 4 is 0 Å². The van der Waals surface area contributed by atoms with Crippen LogP contribution in [-0.4, -0.2) is 30.6 Å². The van der Waals surface area contributed by atoms with E-state index in [9.17, 15) is 0 Å². The number of benzene rings is 1. The summed E-state index contributed by atoms with van der Waals surface area (Å²) in [5, 5.41) is 3.95. The summed E-state index contributed by atoms with van der Waals surface area (Å²) in [6.45, 7) is 10.5. The Morgan fingerprint density at radius 2 is 1.80 bits per heavy atom. The molecule has 112 valence electrons. The summed E-state index contributed by atoms with van der Waals surface area (Å²) in [7, 11) is 2.24. The van der Waals surface area contributed by atoms with Crippen LogP contribution in [0.15, 0.2) is 30.3 Å². The maximum atomic E-state index is 3.95. The summed E-state index contributed by atoms with van der Waals surface area (Å²) in [6.07, 6.45) is 1.24. The lowest BCUT2D eigenvalue weighted by Gasteiger charge is -2.42. The minimum atomic E-state index is 0.458. The monoisotopic (exact) mass is 274 g/mol. The van der Waals surface area contributed by atoms with Crippen molar-refractivity contribution in [2.75, 3.05) is 13.6 Å². The van der Waals surface area contributed by atoms with E-state index in [0.717, 1.165) is 0 Å². The number of nitrogens with zero attached hydrogens (tertiary/aromatic N) is 1. The minimum Gasteiger partial charge on any atom is -0.307 e. The smallest absolute Gasteiger partial charge is 0.0345 e. The van der Waals surface area contributed by atoms with Gasteiger partial charge in [0.2, 0.25) is 0 Å². The van der Waals surface area contributed by atoms with Crippen molar-refractivity contribution in [1.82, 2.24) is 10.2 Å². The van der Waals surface area contributed by atoms with E-state index in [-0.39, 0.29) is 0 Å². The fraction of sp³-hybridized carbons (Fsp3) is 0.667. The second kappa shape index (κ2) is 6.73. The average molecular weight is 274 g/mol. The van der Waals surface area contributed by atoms with Gasteiger partial charge in [0.15, 0.2) is 0 Å². The van der Waals surface area contributed by atoms with Crippen LogP contribution in [0.3, 0.4) is 0 Å². The molecule has 1 heterocycles. The van der Waals surface area contributed by atoms with Gasteiger partial charge in [-0.05, 0) is 37.8 Å². The second-order valence-electron chi connectivity index (χ2n) is 6.91. The molecule has 2 heteroatoms. The maximum Gasteiger partial charge on any atom is 0.0345 e. The highest BCUT2D eigenvalue weighted by atomic mass is 15.2. The molecule has 1 aliphatic rings. The summed E-state index contributed by atoms with van der Waals surface area (Å²) in [5.74, 6) is 1.32. The van der Waals surface area contributed by atoms with Crippen LogP contribution in [0, 0.1) is 11.8 Å². The zero-order valence-electron chi connectivity index (χ0n) is 13.6. The van der Waals surface area contributed by atoms with E-state index in [1.807, 2.05) is 0 Å². The first-order valence-electron chi connectivity index (χ1n) is 8.00. The van der Waals surface area contributed by atoms with Crippen molar-refractivity contribution in [1.29, 1.82) is 0 Å². The van der Waals surface area contributed by atoms with Crippen LogP contribution < -0.4 is 5.32 Å². The topological polar surface area (TPSA) is 15.3 Å². The molecule has 0 radical (unpaired) electrons. The van der Waals surface area contributed by atoms with Gasteiger partial charge in [0, 0.05) is 24.7 Å². The zero-order chi connectivity index (χ0) is 14.7. The highest BCUT2D eigenvalue weighted by Gasteiger charge is 2.31. The molecule has 1 aromatic carbocycles. The highest BCUT2D eigenvalue weighted by molar-refractivity contribution is 5.19. The van der Waals surface area contributed by atoms with E-state index in [1.54, 1.807) is 0 Å². The number of piperidine rings is 1. The Bertz CT molecular complexity index is 401. The van der Waals surface area contributed by atoms with Crippen molar-refractivity contribution in [3.05, 3.63) is 35.9 Å². The Hall–Kier alpha value is -0.860. The molecule has 1 fully saturated rings. The van der Waals surface area contributed by atoms with E-state index in [0.29, 0.717) is 30.0 Å². The first kappa shape index (κ1) is 15.5. The number of hydrogen-bond donors (Lipinski definition) is 1. The molecule has 0 aliphatic carbocycles. The fourth-order valence-electron chi connectivity index (χ4n) is 3.34. The lowest BCUT2D eigenvalue weighted by Crippen LogP contribution is -2.52. The molecule has 0 saturated carbocycles. The predicted molar refractivity (Wildman–Crippen MR) is 86.8 cm³/mol. The molecule has 4 atom stereocenters. The molecular weight excluding hydrogens is 244 g/mol. The quantitative estimate of drug-likeness (QED) is 0.900. The van der Waals surface area contributed by atoms with Gasteiger partial charge in [0.25, 0.3) is 0 Å². The zero-order valence-corrected chi connectivity index (χ0v) is 13.6. The maximum absolute atomic E-state index is 3.95. The highest BCUT2D eigenvalue weighted by Crippen LogP contribution is 2.27. The summed E-state index contributed by atoms with van der Waals surface area (Å²) in [5.41, 5.74) is 1.42. The van der Waals surface area contributed by atoms with Crippen molar-refractivity contribution in [2.24, 2.45) is 11.8 Å². The van der Waals surface area contributed by atoms with Crippen LogP contribution in [0.2, 0.25) is 0 Å². The largest absolute Gasteiger partial charge is 0.307 e. The Morgan fingerprint density at radius 1 is 1.15 bits per heavy atom. The van der Waals surface area contributed by atoms with Crippen molar-refractivity contribution in [3.63, 3.8) is 0 Å². The van der Waals surface area contributed by atoms with Crippen LogP contribution in [0.1, 0.15) is 45.7 Å². The first-order chi connectivity index (χ1) is 9.49. The van der Waals surface area contributed by atoms with Crippen LogP contribution in [0.25, 0.3) is 0 Å². The lowest BCUT2D eigenvalue weighted by atomic mass is 9.87. The SMILES string of the molecule is CC(C)C(NC1CC(C)N(C)CC1C)c1ccccc1. The van der Waals surface area contributed by atoms with Crippen LogP contribution in [0.4, 0.5) is 0 Å². The second-order valence-corrected chi connectivity index (χ2v) is 6.91.